The van der Waals surface area contributed by atoms with Gasteiger partial charge < -0.3 is 5.73 Å². The zero-order chi connectivity index (χ0) is 21.7. The number of amides is 1. The summed E-state index contributed by atoms with van der Waals surface area (Å²) in [5.74, 6) is -0.841. The zero-order valence-corrected chi connectivity index (χ0v) is 15.6. The summed E-state index contributed by atoms with van der Waals surface area (Å²) in [6.07, 6.45) is 0. The van der Waals surface area contributed by atoms with Crippen molar-refractivity contribution in [3.8, 4) is 24.3 Å². The first-order valence-corrected chi connectivity index (χ1v) is 8.79. The van der Waals surface area contributed by atoms with Crippen molar-refractivity contribution in [3.05, 3.63) is 106 Å². The Balaban J connectivity index is 2.63. The predicted octanol–water partition coefficient (Wildman–Crippen LogP) is 2.99. The normalized spacial score (nSPS) is 10.1. The molecule has 30 heavy (non-hydrogen) atoms. The van der Waals surface area contributed by atoms with Gasteiger partial charge in [-0.15, -0.1) is 0 Å². The van der Waals surface area contributed by atoms with Gasteiger partial charge in [0.1, 0.15) is 29.7 Å². The first kappa shape index (κ1) is 19.8. The van der Waals surface area contributed by atoms with E-state index in [4.69, 9.17) is 5.73 Å². The fourth-order valence-corrected chi connectivity index (χ4v) is 3.71. The van der Waals surface area contributed by atoms with Gasteiger partial charge in [-0.05, 0) is 28.8 Å². The SMILES string of the molecule is N#Cc1cccc(C(C(N)=O)(c2ccccc2)c2cccc(C#N)c2C#N)c1C#N. The number of nitriles is 4. The molecule has 0 aliphatic rings. The maximum atomic E-state index is 13.2. The average Bonchev–Trinajstić information content (AvgIpc) is 2.79. The van der Waals surface area contributed by atoms with Crippen molar-refractivity contribution in [1.29, 1.82) is 21.0 Å². The summed E-state index contributed by atoms with van der Waals surface area (Å²) in [6, 6.07) is 25.5. The molecule has 140 valence electrons. The molecule has 0 spiro atoms. The highest BCUT2D eigenvalue weighted by molar-refractivity contribution is 5.97. The molecule has 3 aromatic rings. The number of primary amides is 1. The monoisotopic (exact) mass is 387 g/mol. The van der Waals surface area contributed by atoms with Crippen LogP contribution in [0.25, 0.3) is 0 Å². The number of benzene rings is 3. The van der Waals surface area contributed by atoms with Crippen LogP contribution in [-0.4, -0.2) is 5.91 Å². The standard InChI is InChI=1S/C24H13N5O/c25-12-16-6-4-10-21(19(16)14-27)24(23(29)30,18-8-2-1-3-9-18)22-11-5-7-17(13-26)20(22)15-28/h1-11H,(H2,29,30). The molecule has 6 heteroatoms. The van der Waals surface area contributed by atoms with Crippen molar-refractivity contribution < 1.29 is 4.79 Å². The third-order valence-electron chi connectivity index (χ3n) is 4.98. The van der Waals surface area contributed by atoms with Crippen molar-refractivity contribution in [2.45, 2.75) is 5.41 Å². The lowest BCUT2D eigenvalue weighted by Crippen LogP contribution is -2.44. The average molecular weight is 387 g/mol. The Labute approximate surface area is 173 Å². The molecule has 0 fully saturated rings. The summed E-state index contributed by atoms with van der Waals surface area (Å²) in [5, 5.41) is 38.6. The molecule has 0 aliphatic carbocycles. The highest BCUT2D eigenvalue weighted by atomic mass is 16.1. The van der Waals surface area contributed by atoms with E-state index < -0.39 is 11.3 Å². The van der Waals surface area contributed by atoms with E-state index in [1.807, 2.05) is 24.3 Å². The van der Waals surface area contributed by atoms with E-state index in [2.05, 4.69) is 0 Å². The van der Waals surface area contributed by atoms with E-state index in [1.54, 1.807) is 42.5 Å². The van der Waals surface area contributed by atoms with Crippen LogP contribution in [-0.2, 0) is 10.2 Å². The molecule has 0 atom stereocenters. The molecule has 0 bridgehead atoms. The molecule has 0 aromatic heterocycles. The Hall–Kier alpha value is -4.91. The van der Waals surface area contributed by atoms with E-state index in [0.29, 0.717) is 5.56 Å². The lowest BCUT2D eigenvalue weighted by molar-refractivity contribution is -0.120. The van der Waals surface area contributed by atoms with Crippen LogP contribution in [0.5, 0.6) is 0 Å². The summed E-state index contributed by atoms with van der Waals surface area (Å²) < 4.78 is 0. The molecule has 3 rings (SSSR count). The van der Waals surface area contributed by atoms with Crippen LogP contribution in [0.1, 0.15) is 38.9 Å². The number of nitrogens with two attached hydrogens (primary N) is 1. The number of hydrogen-bond acceptors (Lipinski definition) is 5. The van der Waals surface area contributed by atoms with Crippen LogP contribution < -0.4 is 5.73 Å². The second-order valence-electron chi connectivity index (χ2n) is 6.38. The van der Waals surface area contributed by atoms with Gasteiger partial charge in [-0.25, -0.2) is 0 Å². The molecule has 0 saturated heterocycles. The summed E-state index contributed by atoms with van der Waals surface area (Å²) in [4.78, 5) is 13.2. The number of carbonyl (C=O) groups is 1. The van der Waals surface area contributed by atoms with Crippen LogP contribution in [0.4, 0.5) is 0 Å². The molecular formula is C24H13N5O. The lowest BCUT2D eigenvalue weighted by atomic mass is 9.65. The van der Waals surface area contributed by atoms with E-state index in [9.17, 15) is 25.8 Å². The van der Waals surface area contributed by atoms with Gasteiger partial charge in [0.05, 0.1) is 22.3 Å². The smallest absolute Gasteiger partial charge is 0.237 e. The first-order valence-electron chi connectivity index (χ1n) is 8.79. The maximum absolute atomic E-state index is 13.2. The molecule has 0 radical (unpaired) electrons. The second-order valence-corrected chi connectivity index (χ2v) is 6.38. The highest BCUT2D eigenvalue weighted by Crippen LogP contribution is 2.43. The molecular weight excluding hydrogens is 374 g/mol. The quantitative estimate of drug-likeness (QED) is 0.686. The van der Waals surface area contributed by atoms with Gasteiger partial charge >= 0.3 is 0 Å². The van der Waals surface area contributed by atoms with Crippen molar-refractivity contribution >= 4 is 5.91 Å². The Morgan fingerprint density at radius 1 is 0.667 bits per heavy atom. The Kier molecular flexibility index (Phi) is 5.29. The lowest BCUT2D eigenvalue weighted by Gasteiger charge is -2.34. The maximum Gasteiger partial charge on any atom is 0.237 e. The van der Waals surface area contributed by atoms with Crippen molar-refractivity contribution in [2.24, 2.45) is 5.73 Å². The first-order chi connectivity index (χ1) is 14.6. The number of nitrogens with zero attached hydrogens (tertiary/aromatic N) is 4. The largest absolute Gasteiger partial charge is 0.368 e. The molecule has 1 amide bonds. The molecule has 6 nitrogen and oxygen atoms in total. The van der Waals surface area contributed by atoms with Crippen LogP contribution in [0.2, 0.25) is 0 Å². The Bertz CT molecular complexity index is 1240. The van der Waals surface area contributed by atoms with E-state index in [-0.39, 0.29) is 33.4 Å². The van der Waals surface area contributed by atoms with Crippen molar-refractivity contribution in [1.82, 2.24) is 0 Å². The topological polar surface area (TPSA) is 138 Å². The van der Waals surface area contributed by atoms with Gasteiger partial charge in [-0.1, -0.05) is 54.6 Å². The van der Waals surface area contributed by atoms with Crippen molar-refractivity contribution in [3.63, 3.8) is 0 Å². The van der Waals surface area contributed by atoms with Gasteiger partial charge in [0.25, 0.3) is 0 Å². The molecule has 2 N–H and O–H groups in total. The number of carbonyl (C=O) groups excluding carboxylic acids is 1. The summed E-state index contributed by atoms with van der Waals surface area (Å²) in [7, 11) is 0. The second kappa shape index (κ2) is 7.99. The summed E-state index contributed by atoms with van der Waals surface area (Å²) in [6.45, 7) is 0. The summed E-state index contributed by atoms with van der Waals surface area (Å²) >= 11 is 0. The van der Waals surface area contributed by atoms with E-state index in [1.165, 1.54) is 24.3 Å². The van der Waals surface area contributed by atoms with Gasteiger partial charge in [0.15, 0.2) is 0 Å². The Morgan fingerprint density at radius 3 is 1.50 bits per heavy atom. The van der Waals surface area contributed by atoms with Gasteiger partial charge in [-0.3, -0.25) is 4.79 Å². The third kappa shape index (κ3) is 2.83. The molecule has 0 aliphatic heterocycles. The molecule has 3 aromatic carbocycles. The fraction of sp³-hybridized carbons (Fsp3) is 0.0417. The van der Waals surface area contributed by atoms with E-state index in [0.717, 1.165) is 0 Å². The van der Waals surface area contributed by atoms with Crippen LogP contribution >= 0.6 is 0 Å². The molecule has 0 unspecified atom stereocenters. The minimum Gasteiger partial charge on any atom is -0.368 e. The van der Waals surface area contributed by atoms with Crippen molar-refractivity contribution in [2.75, 3.05) is 0 Å². The molecule has 0 heterocycles. The zero-order valence-electron chi connectivity index (χ0n) is 15.6. The van der Waals surface area contributed by atoms with Crippen LogP contribution in [0, 0.1) is 45.3 Å². The van der Waals surface area contributed by atoms with Gasteiger partial charge in [-0.2, -0.15) is 21.0 Å². The molecule has 0 saturated carbocycles. The Morgan fingerprint density at radius 2 is 1.13 bits per heavy atom. The summed E-state index contributed by atoms with van der Waals surface area (Å²) in [5.41, 5.74) is 5.08. The van der Waals surface area contributed by atoms with Gasteiger partial charge in [0.2, 0.25) is 5.91 Å². The number of hydrogen-bond donors (Lipinski definition) is 1. The van der Waals surface area contributed by atoms with E-state index >= 15 is 0 Å². The third-order valence-corrected chi connectivity index (χ3v) is 4.98. The minimum absolute atomic E-state index is 0.0195. The van der Waals surface area contributed by atoms with Crippen LogP contribution in [0.3, 0.4) is 0 Å². The minimum atomic E-state index is -1.77. The predicted molar refractivity (Wildman–Crippen MR) is 107 cm³/mol. The fourth-order valence-electron chi connectivity index (χ4n) is 3.71. The van der Waals surface area contributed by atoms with Gasteiger partial charge in [0, 0.05) is 0 Å². The van der Waals surface area contributed by atoms with Crippen LogP contribution in [0.15, 0.2) is 66.7 Å². The highest BCUT2D eigenvalue weighted by Gasteiger charge is 2.46. The number of rotatable bonds is 4.